The van der Waals surface area contributed by atoms with Gasteiger partial charge in [-0.25, -0.2) is 0 Å². The molecule has 0 aromatic heterocycles. The first-order valence-electron chi connectivity index (χ1n) is 23.6. The van der Waals surface area contributed by atoms with Gasteiger partial charge in [-0.3, -0.25) is 9.59 Å². The lowest BCUT2D eigenvalue weighted by molar-refractivity contribution is -0.889. The van der Waals surface area contributed by atoms with Gasteiger partial charge >= 0.3 is 11.9 Å². The van der Waals surface area contributed by atoms with Crippen LogP contribution in [0.2, 0.25) is 0 Å². The van der Waals surface area contributed by atoms with Crippen LogP contribution >= 0.6 is 0 Å². The van der Waals surface area contributed by atoms with Gasteiger partial charge in [0.25, 0.3) is 0 Å². The molecular formula is C52H87NO7. The van der Waals surface area contributed by atoms with Gasteiger partial charge in [-0.1, -0.05) is 150 Å². The molecule has 0 aliphatic rings. The molecule has 0 amide bonds. The van der Waals surface area contributed by atoms with Crippen LogP contribution in [0.15, 0.2) is 85.1 Å². The molecule has 0 aromatic carbocycles. The van der Waals surface area contributed by atoms with Crippen molar-refractivity contribution in [3.8, 4) is 0 Å². The first-order valence-corrected chi connectivity index (χ1v) is 23.6. The fourth-order valence-corrected chi connectivity index (χ4v) is 6.31. The molecule has 342 valence electrons. The number of carboxylic acids is 1. The monoisotopic (exact) mass is 838 g/mol. The molecule has 0 radical (unpaired) electrons. The van der Waals surface area contributed by atoms with Crippen LogP contribution in [0.4, 0.5) is 0 Å². The summed E-state index contributed by atoms with van der Waals surface area (Å²) in [6.07, 6.45) is 54.6. The molecule has 0 heterocycles. The lowest BCUT2D eigenvalue weighted by atomic mass is 10.1. The lowest BCUT2D eigenvalue weighted by Crippen LogP contribution is -2.55. The maximum Gasteiger partial charge on any atom is 0.306 e. The minimum Gasteiger partial charge on any atom is -0.544 e. The van der Waals surface area contributed by atoms with Crippen LogP contribution < -0.4 is 5.11 Å². The smallest absolute Gasteiger partial charge is 0.306 e. The second kappa shape index (κ2) is 42.2. The molecule has 0 aliphatic heterocycles. The zero-order valence-corrected chi connectivity index (χ0v) is 38.8. The number of aliphatic carboxylic acids is 1. The van der Waals surface area contributed by atoms with Gasteiger partial charge in [-0.15, -0.1) is 0 Å². The van der Waals surface area contributed by atoms with Gasteiger partial charge in [0.05, 0.1) is 40.3 Å². The van der Waals surface area contributed by atoms with E-state index >= 15 is 0 Å². The van der Waals surface area contributed by atoms with Crippen LogP contribution in [0.1, 0.15) is 174 Å². The number of carbonyl (C=O) groups is 3. The van der Waals surface area contributed by atoms with Crippen LogP contribution in [0.5, 0.6) is 0 Å². The normalized spacial score (nSPS) is 13.7. The zero-order valence-electron chi connectivity index (χ0n) is 38.8. The number of esters is 2. The zero-order chi connectivity index (χ0) is 44.2. The average Bonchev–Trinajstić information content (AvgIpc) is 3.21. The van der Waals surface area contributed by atoms with Crippen molar-refractivity contribution in [1.82, 2.24) is 0 Å². The number of ether oxygens (including phenoxy) is 3. The summed E-state index contributed by atoms with van der Waals surface area (Å²) in [7, 11) is 5.38. The number of likely N-dealkylation sites (N-methyl/N-ethyl adjacent to an activating group) is 1. The Morgan fingerprint density at radius 3 is 1.43 bits per heavy atom. The minimum atomic E-state index is -1.14. The number of unbranched alkanes of at least 4 members (excludes halogenated alkanes) is 14. The highest BCUT2D eigenvalue weighted by Crippen LogP contribution is 2.12. The Labute approximate surface area is 367 Å². The van der Waals surface area contributed by atoms with Crippen LogP contribution in [0.25, 0.3) is 0 Å². The highest BCUT2D eigenvalue weighted by molar-refractivity contribution is 5.70. The highest BCUT2D eigenvalue weighted by atomic mass is 16.6. The lowest BCUT2D eigenvalue weighted by Gasteiger charge is -2.34. The quantitative estimate of drug-likeness (QED) is 0.0199. The van der Waals surface area contributed by atoms with E-state index in [0.717, 1.165) is 77.0 Å². The molecule has 0 N–H and O–H groups in total. The molecule has 0 saturated heterocycles. The van der Waals surface area contributed by atoms with Crippen LogP contribution in [0.3, 0.4) is 0 Å². The van der Waals surface area contributed by atoms with Gasteiger partial charge in [-0.2, -0.15) is 0 Å². The molecular weight excluding hydrogens is 751 g/mol. The molecule has 60 heavy (non-hydrogen) atoms. The van der Waals surface area contributed by atoms with E-state index in [1.807, 2.05) is 0 Å². The van der Waals surface area contributed by atoms with Crippen LogP contribution in [-0.2, 0) is 28.6 Å². The van der Waals surface area contributed by atoms with Crippen molar-refractivity contribution < 1.29 is 38.2 Å². The third kappa shape index (κ3) is 39.9. The maximum atomic E-state index is 12.7. The second-order valence-corrected chi connectivity index (χ2v) is 16.7. The summed E-state index contributed by atoms with van der Waals surface area (Å²) in [5.74, 6) is -1.82. The van der Waals surface area contributed by atoms with Crippen molar-refractivity contribution in [3.63, 3.8) is 0 Å². The summed E-state index contributed by atoms with van der Waals surface area (Å²) in [6.45, 7) is 4.53. The molecule has 0 spiro atoms. The predicted molar refractivity (Wildman–Crippen MR) is 249 cm³/mol. The number of nitrogens with zero attached hydrogens (tertiary/aromatic N) is 1. The molecule has 8 nitrogen and oxygen atoms in total. The van der Waals surface area contributed by atoms with Crippen molar-refractivity contribution in [1.29, 1.82) is 0 Å². The molecule has 2 atom stereocenters. The number of hydrogen-bond acceptors (Lipinski definition) is 7. The Kier molecular flexibility index (Phi) is 39.8. The summed E-state index contributed by atoms with van der Waals surface area (Å²) in [5.41, 5.74) is 0. The molecule has 0 bridgehead atoms. The number of hydrogen-bond donors (Lipinski definition) is 0. The number of carboxylic acid groups (broad SMARTS) is 1. The number of quaternary nitrogens is 1. The van der Waals surface area contributed by atoms with Gasteiger partial charge in [0.2, 0.25) is 0 Å². The van der Waals surface area contributed by atoms with Crippen LogP contribution in [-0.4, -0.2) is 75.5 Å². The molecule has 0 saturated carbocycles. The SMILES string of the molecule is CCCCC/C=C/C=C/CCCCCCCCC(=O)OC(COCCC(C(=O)[O-])[N+](C)(C)C)COC(=O)CCCC/C=C/C/C=C/C/C=C/C/C=C/C/C=C/CCCCC. The first-order chi connectivity index (χ1) is 29.1. The molecule has 0 fully saturated rings. The van der Waals surface area contributed by atoms with Crippen molar-refractivity contribution >= 4 is 17.9 Å². The van der Waals surface area contributed by atoms with E-state index in [4.69, 9.17) is 14.2 Å². The van der Waals surface area contributed by atoms with E-state index in [2.05, 4.69) is 98.9 Å². The maximum absolute atomic E-state index is 12.7. The Hall–Kier alpha value is -3.49. The van der Waals surface area contributed by atoms with E-state index in [-0.39, 0.29) is 49.1 Å². The third-order valence-corrected chi connectivity index (χ3v) is 10.0. The third-order valence-electron chi connectivity index (χ3n) is 10.0. The number of rotatable bonds is 41. The van der Waals surface area contributed by atoms with Crippen molar-refractivity contribution in [2.24, 2.45) is 0 Å². The van der Waals surface area contributed by atoms with Gasteiger partial charge in [0.1, 0.15) is 12.6 Å². The van der Waals surface area contributed by atoms with E-state index < -0.39 is 18.1 Å². The Bertz CT molecular complexity index is 1250. The van der Waals surface area contributed by atoms with Crippen molar-refractivity contribution in [2.75, 3.05) is 41.0 Å². The van der Waals surface area contributed by atoms with Gasteiger partial charge in [-0.05, 0) is 89.9 Å². The van der Waals surface area contributed by atoms with E-state index in [9.17, 15) is 19.5 Å². The fraction of sp³-hybridized carbons (Fsp3) is 0.673. The average molecular weight is 838 g/mol. The van der Waals surface area contributed by atoms with Crippen LogP contribution in [0, 0.1) is 0 Å². The molecule has 2 unspecified atom stereocenters. The summed E-state index contributed by atoms with van der Waals surface area (Å²) in [4.78, 5) is 36.9. The standard InChI is InChI=1S/C52H87NO7/c1-6-8-10-12-14-16-18-20-22-23-24-25-26-27-29-30-32-34-36-38-40-42-50(54)59-47-48(46-58-45-44-49(52(56)57)53(3,4)5)60-51(55)43-41-39-37-35-33-31-28-21-19-17-15-13-11-9-7-2/h14-17,19-22,24-25,27,29,32,34,48-49H,6-13,18,23,26,28,30-31,33,35-47H2,1-5H3/b16-14+,17-15+,21-19+,22-20+,25-24+,29-27+,34-32+. The molecule has 8 heteroatoms. The van der Waals surface area contributed by atoms with Gasteiger partial charge < -0.3 is 28.6 Å². The molecule has 0 aliphatic carbocycles. The summed E-state index contributed by atoms with van der Waals surface area (Å²) < 4.78 is 17.1. The number of allylic oxidation sites excluding steroid dienone is 14. The topological polar surface area (TPSA) is 102 Å². The highest BCUT2D eigenvalue weighted by Gasteiger charge is 2.25. The van der Waals surface area contributed by atoms with E-state index in [0.29, 0.717) is 12.8 Å². The van der Waals surface area contributed by atoms with Crippen molar-refractivity contribution in [3.05, 3.63) is 85.1 Å². The van der Waals surface area contributed by atoms with Gasteiger partial charge in [0.15, 0.2) is 6.10 Å². The predicted octanol–water partition coefficient (Wildman–Crippen LogP) is 12.0. The summed E-state index contributed by atoms with van der Waals surface area (Å²) in [5, 5.41) is 11.6. The van der Waals surface area contributed by atoms with Gasteiger partial charge in [0, 0.05) is 19.3 Å². The number of carbonyl (C=O) groups excluding carboxylic acids is 3. The summed E-state index contributed by atoms with van der Waals surface area (Å²) in [6, 6.07) is -0.739. The van der Waals surface area contributed by atoms with E-state index in [1.54, 1.807) is 21.1 Å². The second-order valence-electron chi connectivity index (χ2n) is 16.7. The molecule has 0 rings (SSSR count). The Morgan fingerprint density at radius 2 is 0.933 bits per heavy atom. The van der Waals surface area contributed by atoms with Crippen molar-refractivity contribution in [2.45, 2.75) is 187 Å². The summed E-state index contributed by atoms with van der Waals surface area (Å²) >= 11 is 0. The minimum absolute atomic E-state index is 0.0171. The first kappa shape index (κ1) is 56.5. The fourth-order valence-electron chi connectivity index (χ4n) is 6.31. The Balaban J connectivity index is 4.42. The molecule has 0 aromatic rings. The Morgan fingerprint density at radius 1 is 0.517 bits per heavy atom. The largest absolute Gasteiger partial charge is 0.544 e. The van der Waals surface area contributed by atoms with E-state index in [1.165, 1.54) is 57.8 Å².